The van der Waals surface area contributed by atoms with Gasteiger partial charge in [-0.15, -0.1) is 5.10 Å². The lowest BCUT2D eigenvalue weighted by Gasteiger charge is -1.94. The zero-order chi connectivity index (χ0) is 11.0. The van der Waals surface area contributed by atoms with Crippen molar-refractivity contribution in [3.63, 3.8) is 0 Å². The lowest BCUT2D eigenvalue weighted by molar-refractivity contribution is -0.499. The molecule has 0 aliphatic carbocycles. The fraction of sp³-hybridized carbons (Fsp3) is 0.0833. The highest BCUT2D eigenvalue weighted by molar-refractivity contribution is 5.47. The number of H-pyrrole nitrogens is 1. The van der Waals surface area contributed by atoms with E-state index in [1.54, 1.807) is 0 Å². The van der Waals surface area contributed by atoms with Crippen LogP contribution in [0.1, 0.15) is 5.69 Å². The number of pyridine rings is 2. The first-order chi connectivity index (χ1) is 7.84. The maximum absolute atomic E-state index is 4.46. The Bertz CT molecular complexity index is 642. The summed E-state index contributed by atoms with van der Waals surface area (Å²) >= 11 is 0. The summed E-state index contributed by atoms with van der Waals surface area (Å²) in [6, 6.07) is 11.8. The molecule has 0 unspecified atom stereocenters. The van der Waals surface area contributed by atoms with Gasteiger partial charge in [0.1, 0.15) is 5.69 Å². The molecule has 0 fully saturated rings. The summed E-state index contributed by atoms with van der Waals surface area (Å²) in [5, 5.41) is 7.26. The molecule has 0 saturated carbocycles. The van der Waals surface area contributed by atoms with Gasteiger partial charge in [-0.2, -0.15) is 4.40 Å². The van der Waals surface area contributed by atoms with E-state index < -0.39 is 0 Å². The molecule has 3 rings (SSSR count). The summed E-state index contributed by atoms with van der Waals surface area (Å²) in [5.74, 6) is 0.833. The van der Waals surface area contributed by atoms with Gasteiger partial charge in [-0.3, -0.25) is 0 Å². The zero-order valence-corrected chi connectivity index (χ0v) is 8.88. The molecular weight excluding hydrogens is 200 g/mol. The Balaban J connectivity index is 2.26. The maximum Gasteiger partial charge on any atom is 0.332 e. The van der Waals surface area contributed by atoms with Crippen LogP contribution in [0.15, 0.2) is 42.6 Å². The van der Waals surface area contributed by atoms with Crippen molar-refractivity contribution in [2.75, 3.05) is 0 Å². The topological polar surface area (TPSA) is 45.7 Å². The SMILES string of the molecule is Cc1cccc(-c2n[nH]c3cccc[n+]23)n1. The van der Waals surface area contributed by atoms with Crippen LogP contribution >= 0.6 is 0 Å². The van der Waals surface area contributed by atoms with Crippen LogP contribution in [0.3, 0.4) is 0 Å². The highest BCUT2D eigenvalue weighted by atomic mass is 15.2. The fourth-order valence-corrected chi connectivity index (χ4v) is 1.73. The van der Waals surface area contributed by atoms with Gasteiger partial charge in [0.05, 0.1) is 6.20 Å². The normalized spacial score (nSPS) is 10.8. The predicted molar refractivity (Wildman–Crippen MR) is 59.7 cm³/mol. The van der Waals surface area contributed by atoms with Gasteiger partial charge in [0.15, 0.2) is 0 Å². The lowest BCUT2D eigenvalue weighted by atomic mass is 10.3. The molecular formula is C12H11N4+. The third-order valence-electron chi connectivity index (χ3n) is 2.48. The Morgan fingerprint density at radius 3 is 2.94 bits per heavy atom. The smallest absolute Gasteiger partial charge is 0.246 e. The molecule has 3 heterocycles. The quantitative estimate of drug-likeness (QED) is 0.620. The van der Waals surface area contributed by atoms with Crippen molar-refractivity contribution in [1.29, 1.82) is 0 Å². The molecule has 1 N–H and O–H groups in total. The summed E-state index contributed by atoms with van der Waals surface area (Å²) in [4.78, 5) is 4.46. The molecule has 4 nitrogen and oxygen atoms in total. The van der Waals surface area contributed by atoms with E-state index in [0.717, 1.165) is 22.9 Å². The van der Waals surface area contributed by atoms with Crippen LogP contribution in [0.2, 0.25) is 0 Å². The van der Waals surface area contributed by atoms with Gasteiger partial charge in [0, 0.05) is 16.9 Å². The Labute approximate surface area is 92.6 Å². The largest absolute Gasteiger partial charge is 0.332 e. The summed E-state index contributed by atoms with van der Waals surface area (Å²) < 4.78 is 1.99. The van der Waals surface area contributed by atoms with Gasteiger partial charge in [0.2, 0.25) is 0 Å². The number of aryl methyl sites for hydroxylation is 1. The second kappa shape index (κ2) is 3.41. The molecule has 0 atom stereocenters. The number of hydrogen-bond acceptors (Lipinski definition) is 2. The van der Waals surface area contributed by atoms with E-state index >= 15 is 0 Å². The number of aromatic amines is 1. The van der Waals surface area contributed by atoms with Crippen molar-refractivity contribution in [3.05, 3.63) is 48.3 Å². The monoisotopic (exact) mass is 211 g/mol. The van der Waals surface area contributed by atoms with E-state index in [-0.39, 0.29) is 0 Å². The predicted octanol–water partition coefficient (Wildman–Crippen LogP) is 1.52. The maximum atomic E-state index is 4.46. The van der Waals surface area contributed by atoms with E-state index in [1.165, 1.54) is 0 Å². The van der Waals surface area contributed by atoms with Crippen molar-refractivity contribution >= 4 is 5.65 Å². The molecule has 0 radical (unpaired) electrons. The van der Waals surface area contributed by atoms with Crippen LogP contribution in [0.25, 0.3) is 17.2 Å². The number of rotatable bonds is 1. The van der Waals surface area contributed by atoms with E-state index in [0.29, 0.717) is 0 Å². The first kappa shape index (κ1) is 9.03. The van der Waals surface area contributed by atoms with Crippen molar-refractivity contribution < 1.29 is 4.40 Å². The number of nitrogens with one attached hydrogen (secondary N) is 1. The van der Waals surface area contributed by atoms with Crippen LogP contribution in [-0.2, 0) is 0 Å². The number of aromatic nitrogens is 4. The standard InChI is InChI=1S/C12H10N4/c1-9-5-4-6-10(13-9)12-15-14-11-7-2-3-8-16(11)12/h2-8H,1H3/p+1. The van der Waals surface area contributed by atoms with Crippen LogP contribution in [0, 0.1) is 6.92 Å². The minimum Gasteiger partial charge on any atom is -0.246 e. The van der Waals surface area contributed by atoms with Gasteiger partial charge in [-0.05, 0) is 25.1 Å². The molecule has 0 aliphatic rings. The number of fused-ring (bicyclic) bond motifs is 1. The van der Waals surface area contributed by atoms with E-state index in [1.807, 2.05) is 53.9 Å². The highest BCUT2D eigenvalue weighted by Gasteiger charge is 2.15. The molecule has 78 valence electrons. The fourth-order valence-electron chi connectivity index (χ4n) is 1.73. The van der Waals surface area contributed by atoms with E-state index in [4.69, 9.17) is 0 Å². The molecule has 3 aromatic heterocycles. The average molecular weight is 211 g/mol. The molecule has 0 aliphatic heterocycles. The highest BCUT2D eigenvalue weighted by Crippen LogP contribution is 2.10. The minimum absolute atomic E-state index is 0.833. The summed E-state index contributed by atoms with van der Waals surface area (Å²) in [7, 11) is 0. The second-order valence-electron chi connectivity index (χ2n) is 3.67. The Hall–Kier alpha value is -2.23. The molecule has 0 spiro atoms. The van der Waals surface area contributed by atoms with E-state index in [2.05, 4.69) is 15.2 Å². The molecule has 0 saturated heterocycles. The van der Waals surface area contributed by atoms with Gasteiger partial charge < -0.3 is 0 Å². The summed E-state index contributed by atoms with van der Waals surface area (Å²) in [6.45, 7) is 1.98. The van der Waals surface area contributed by atoms with Crippen molar-refractivity contribution in [2.45, 2.75) is 6.92 Å². The van der Waals surface area contributed by atoms with Gasteiger partial charge in [0.25, 0.3) is 5.65 Å². The summed E-state index contributed by atoms with van der Waals surface area (Å²) in [5.41, 5.74) is 2.83. The van der Waals surface area contributed by atoms with Crippen molar-refractivity contribution in [2.24, 2.45) is 0 Å². The minimum atomic E-state index is 0.833. The lowest BCUT2D eigenvalue weighted by Crippen LogP contribution is -2.21. The van der Waals surface area contributed by atoms with Crippen molar-refractivity contribution in [3.8, 4) is 11.5 Å². The second-order valence-corrected chi connectivity index (χ2v) is 3.67. The zero-order valence-electron chi connectivity index (χ0n) is 8.88. The van der Waals surface area contributed by atoms with Crippen LogP contribution in [0.5, 0.6) is 0 Å². The first-order valence-electron chi connectivity index (χ1n) is 5.13. The molecule has 3 aromatic rings. The van der Waals surface area contributed by atoms with Crippen LogP contribution < -0.4 is 4.40 Å². The van der Waals surface area contributed by atoms with Gasteiger partial charge in [-0.1, -0.05) is 12.1 Å². The number of nitrogens with zero attached hydrogens (tertiary/aromatic N) is 3. The first-order valence-corrected chi connectivity index (χ1v) is 5.13. The Kier molecular flexibility index (Phi) is 1.93. The molecule has 0 bridgehead atoms. The average Bonchev–Trinajstić information content (AvgIpc) is 2.72. The Morgan fingerprint density at radius 1 is 1.12 bits per heavy atom. The summed E-state index contributed by atoms with van der Waals surface area (Å²) in [6.07, 6.45) is 1.97. The van der Waals surface area contributed by atoms with Gasteiger partial charge in [-0.25, -0.2) is 4.98 Å². The third kappa shape index (κ3) is 1.35. The van der Waals surface area contributed by atoms with Gasteiger partial charge >= 0.3 is 5.82 Å². The molecule has 16 heavy (non-hydrogen) atoms. The molecule has 0 aromatic carbocycles. The van der Waals surface area contributed by atoms with Crippen LogP contribution in [-0.4, -0.2) is 15.2 Å². The van der Waals surface area contributed by atoms with Crippen LogP contribution in [0.4, 0.5) is 0 Å². The number of hydrogen-bond donors (Lipinski definition) is 1. The van der Waals surface area contributed by atoms with Crippen molar-refractivity contribution in [1.82, 2.24) is 15.2 Å². The van der Waals surface area contributed by atoms with E-state index in [9.17, 15) is 0 Å². The Morgan fingerprint density at radius 2 is 2.06 bits per heavy atom. The molecule has 4 heteroatoms. The third-order valence-corrected chi connectivity index (χ3v) is 2.48. The molecule has 0 amide bonds.